The monoisotopic (exact) mass is 285 g/mol. The van der Waals surface area contributed by atoms with Crippen LogP contribution in [0.4, 0.5) is 0 Å². The summed E-state index contributed by atoms with van der Waals surface area (Å²) >= 11 is 0. The first-order chi connectivity index (χ1) is 10.8. The van der Waals surface area contributed by atoms with Gasteiger partial charge >= 0.3 is 0 Å². The van der Waals surface area contributed by atoms with E-state index in [1.165, 1.54) is 11.1 Å². The molecule has 2 aromatic heterocycles. The molecule has 22 heavy (non-hydrogen) atoms. The van der Waals surface area contributed by atoms with Crippen LogP contribution in [0.15, 0.2) is 73.1 Å². The van der Waals surface area contributed by atoms with Gasteiger partial charge in [0.15, 0.2) is 5.65 Å². The molecule has 0 aliphatic rings. The van der Waals surface area contributed by atoms with Gasteiger partial charge in [0.2, 0.25) is 0 Å². The maximum absolute atomic E-state index is 4.50. The van der Waals surface area contributed by atoms with Crippen molar-refractivity contribution in [1.82, 2.24) is 14.6 Å². The zero-order valence-corrected chi connectivity index (χ0v) is 12.3. The predicted octanol–water partition coefficient (Wildman–Crippen LogP) is 4.37. The lowest BCUT2D eigenvalue weighted by molar-refractivity contribution is 0.934. The van der Waals surface area contributed by atoms with E-state index in [1.807, 2.05) is 36.0 Å². The van der Waals surface area contributed by atoms with Gasteiger partial charge in [-0.1, -0.05) is 48.5 Å². The number of rotatable bonds is 2. The summed E-state index contributed by atoms with van der Waals surface area (Å²) in [5.41, 5.74) is 6.56. The highest BCUT2D eigenvalue weighted by Crippen LogP contribution is 2.26. The third kappa shape index (κ3) is 2.07. The summed E-state index contributed by atoms with van der Waals surface area (Å²) in [6.07, 6.45) is 3.70. The van der Waals surface area contributed by atoms with Gasteiger partial charge in [-0.2, -0.15) is 5.10 Å². The SMILES string of the molecule is Cc1ccnn2c(-c3cccc(-c4ccccc4)c3)cnc12. The number of hydrogen-bond donors (Lipinski definition) is 0. The average molecular weight is 285 g/mol. The largest absolute Gasteiger partial charge is 0.235 e. The van der Waals surface area contributed by atoms with Crippen LogP contribution in [0, 0.1) is 6.92 Å². The van der Waals surface area contributed by atoms with Crippen LogP contribution in [0.3, 0.4) is 0 Å². The molecule has 0 atom stereocenters. The van der Waals surface area contributed by atoms with Crippen molar-refractivity contribution in [3.63, 3.8) is 0 Å². The zero-order valence-electron chi connectivity index (χ0n) is 12.3. The average Bonchev–Trinajstić information content (AvgIpc) is 3.01. The quantitative estimate of drug-likeness (QED) is 0.547. The van der Waals surface area contributed by atoms with Gasteiger partial charge in [0.1, 0.15) is 0 Å². The van der Waals surface area contributed by atoms with Crippen LogP contribution >= 0.6 is 0 Å². The Morgan fingerprint density at radius 1 is 0.818 bits per heavy atom. The van der Waals surface area contributed by atoms with Crippen LogP contribution in [0.1, 0.15) is 5.56 Å². The van der Waals surface area contributed by atoms with E-state index in [0.717, 1.165) is 22.5 Å². The molecule has 106 valence electrons. The maximum atomic E-state index is 4.50. The lowest BCUT2D eigenvalue weighted by atomic mass is 10.0. The molecule has 2 heterocycles. The number of imidazole rings is 1. The molecule has 0 radical (unpaired) electrons. The van der Waals surface area contributed by atoms with Gasteiger partial charge in [0.25, 0.3) is 0 Å². The number of aryl methyl sites for hydroxylation is 1. The van der Waals surface area contributed by atoms with Crippen LogP contribution < -0.4 is 0 Å². The molecule has 0 unspecified atom stereocenters. The van der Waals surface area contributed by atoms with Crippen molar-refractivity contribution < 1.29 is 0 Å². The van der Waals surface area contributed by atoms with Gasteiger partial charge in [-0.25, -0.2) is 9.50 Å². The molecule has 2 aromatic carbocycles. The Morgan fingerprint density at radius 2 is 1.59 bits per heavy atom. The molecule has 3 nitrogen and oxygen atoms in total. The van der Waals surface area contributed by atoms with E-state index < -0.39 is 0 Å². The third-order valence-electron chi connectivity index (χ3n) is 3.86. The zero-order chi connectivity index (χ0) is 14.9. The normalized spacial score (nSPS) is 11.0. The second-order valence-corrected chi connectivity index (χ2v) is 5.34. The summed E-state index contributed by atoms with van der Waals surface area (Å²) < 4.78 is 1.90. The summed E-state index contributed by atoms with van der Waals surface area (Å²) in [6, 6.07) is 20.8. The number of benzene rings is 2. The Morgan fingerprint density at radius 3 is 2.45 bits per heavy atom. The molecule has 4 aromatic rings. The van der Waals surface area contributed by atoms with Crippen molar-refractivity contribution in [2.75, 3.05) is 0 Å². The fourth-order valence-corrected chi connectivity index (χ4v) is 2.70. The van der Waals surface area contributed by atoms with Gasteiger partial charge in [-0.05, 0) is 35.7 Å². The minimum absolute atomic E-state index is 0.905. The highest BCUT2D eigenvalue weighted by atomic mass is 15.3. The van der Waals surface area contributed by atoms with Crippen molar-refractivity contribution in [3.8, 4) is 22.4 Å². The first-order valence-electron chi connectivity index (χ1n) is 7.28. The fourth-order valence-electron chi connectivity index (χ4n) is 2.70. The Labute approximate surface area is 128 Å². The summed E-state index contributed by atoms with van der Waals surface area (Å²) in [7, 11) is 0. The summed E-state index contributed by atoms with van der Waals surface area (Å²) in [5, 5.41) is 4.43. The minimum Gasteiger partial charge on any atom is -0.235 e. The van der Waals surface area contributed by atoms with E-state index in [9.17, 15) is 0 Å². The van der Waals surface area contributed by atoms with Crippen molar-refractivity contribution in [3.05, 3.63) is 78.6 Å². The first kappa shape index (κ1) is 12.8. The first-order valence-corrected chi connectivity index (χ1v) is 7.28. The standard InChI is InChI=1S/C19H15N3/c1-14-10-11-21-22-18(13-20-19(14)22)17-9-5-8-16(12-17)15-6-3-2-4-7-15/h2-13H,1H3. The molecule has 0 amide bonds. The molecule has 0 bridgehead atoms. The second-order valence-electron chi connectivity index (χ2n) is 5.34. The highest BCUT2D eigenvalue weighted by Gasteiger charge is 2.09. The molecule has 4 rings (SSSR count). The van der Waals surface area contributed by atoms with E-state index in [-0.39, 0.29) is 0 Å². The molecule has 0 fully saturated rings. The summed E-state index contributed by atoms with van der Waals surface area (Å²) in [5.74, 6) is 0. The van der Waals surface area contributed by atoms with Crippen LogP contribution in [0.25, 0.3) is 28.0 Å². The van der Waals surface area contributed by atoms with Gasteiger partial charge < -0.3 is 0 Å². The Kier molecular flexibility index (Phi) is 2.97. The number of nitrogens with zero attached hydrogens (tertiary/aromatic N) is 3. The van der Waals surface area contributed by atoms with Crippen molar-refractivity contribution in [2.45, 2.75) is 6.92 Å². The van der Waals surface area contributed by atoms with E-state index in [1.54, 1.807) is 0 Å². The van der Waals surface area contributed by atoms with Crippen LogP contribution in [0.2, 0.25) is 0 Å². The lowest BCUT2D eigenvalue weighted by Gasteiger charge is -2.06. The molecular weight excluding hydrogens is 270 g/mol. The fraction of sp³-hybridized carbons (Fsp3) is 0.0526. The third-order valence-corrected chi connectivity index (χ3v) is 3.86. The molecular formula is C19H15N3. The summed E-state index contributed by atoms with van der Waals surface area (Å²) in [4.78, 5) is 4.50. The molecule has 0 N–H and O–H groups in total. The Bertz CT molecular complexity index is 939. The maximum Gasteiger partial charge on any atom is 0.157 e. The molecule has 0 aliphatic carbocycles. The molecule has 0 saturated carbocycles. The molecule has 0 saturated heterocycles. The Balaban J connectivity index is 1.88. The minimum atomic E-state index is 0.905. The van der Waals surface area contributed by atoms with Crippen LogP contribution in [0.5, 0.6) is 0 Å². The van der Waals surface area contributed by atoms with Gasteiger partial charge in [0, 0.05) is 11.8 Å². The molecule has 3 heteroatoms. The van der Waals surface area contributed by atoms with Gasteiger partial charge in [-0.15, -0.1) is 0 Å². The predicted molar refractivity (Wildman–Crippen MR) is 88.6 cm³/mol. The topological polar surface area (TPSA) is 30.2 Å². The summed E-state index contributed by atoms with van der Waals surface area (Å²) in [6.45, 7) is 2.05. The van der Waals surface area contributed by atoms with Crippen molar-refractivity contribution in [1.29, 1.82) is 0 Å². The van der Waals surface area contributed by atoms with Gasteiger partial charge in [-0.3, -0.25) is 0 Å². The van der Waals surface area contributed by atoms with Crippen molar-refractivity contribution >= 4 is 5.65 Å². The lowest BCUT2D eigenvalue weighted by Crippen LogP contribution is -1.95. The molecule has 0 spiro atoms. The number of aromatic nitrogens is 3. The van der Waals surface area contributed by atoms with Crippen molar-refractivity contribution in [2.24, 2.45) is 0 Å². The van der Waals surface area contributed by atoms with Gasteiger partial charge in [0.05, 0.1) is 11.9 Å². The number of fused-ring (bicyclic) bond motifs is 1. The number of hydrogen-bond acceptors (Lipinski definition) is 2. The van der Waals surface area contributed by atoms with E-state index >= 15 is 0 Å². The highest BCUT2D eigenvalue weighted by molar-refractivity contribution is 5.72. The van der Waals surface area contributed by atoms with E-state index in [4.69, 9.17) is 0 Å². The Hall–Kier alpha value is -2.94. The van der Waals surface area contributed by atoms with E-state index in [2.05, 4.69) is 58.6 Å². The van der Waals surface area contributed by atoms with Crippen LogP contribution in [-0.2, 0) is 0 Å². The second kappa shape index (κ2) is 5.11. The van der Waals surface area contributed by atoms with Crippen LogP contribution in [-0.4, -0.2) is 14.6 Å². The van der Waals surface area contributed by atoms with E-state index in [0.29, 0.717) is 0 Å². The smallest absolute Gasteiger partial charge is 0.157 e. The molecule has 0 aliphatic heterocycles.